The van der Waals surface area contributed by atoms with E-state index in [1.807, 2.05) is 28.7 Å². The molecule has 88 valence electrons. The number of benzene rings is 2. The van der Waals surface area contributed by atoms with Gasteiger partial charge in [-0.05, 0) is 58.5 Å². The first kappa shape index (κ1) is 13.4. The summed E-state index contributed by atoms with van der Waals surface area (Å²) in [5, 5.41) is 1.19. The molecule has 2 aromatic rings. The SMILES string of the molecule is Fc1cc(I)cc(-c2cc(Cl)cc(Cl)c2Cl)c1. The standard InChI is InChI=1S/C12H5Cl3FI/c13-7-3-10(12(15)11(14)4-7)6-1-8(16)5-9(17)2-6/h1-5H. The molecule has 0 spiro atoms. The highest BCUT2D eigenvalue weighted by Gasteiger charge is 2.10. The Morgan fingerprint density at radius 3 is 2.29 bits per heavy atom. The highest BCUT2D eigenvalue weighted by atomic mass is 127. The van der Waals surface area contributed by atoms with Crippen molar-refractivity contribution >= 4 is 57.4 Å². The highest BCUT2D eigenvalue weighted by Crippen LogP contribution is 2.37. The fraction of sp³-hybridized carbons (Fsp3) is 0. The first-order chi connectivity index (χ1) is 7.97. The van der Waals surface area contributed by atoms with Crippen molar-refractivity contribution in [2.24, 2.45) is 0 Å². The molecule has 0 unspecified atom stereocenters. The van der Waals surface area contributed by atoms with E-state index < -0.39 is 0 Å². The quantitative estimate of drug-likeness (QED) is 0.403. The lowest BCUT2D eigenvalue weighted by Gasteiger charge is -2.08. The van der Waals surface area contributed by atoms with Gasteiger partial charge in [-0.3, -0.25) is 0 Å². The monoisotopic (exact) mass is 400 g/mol. The Kier molecular flexibility index (Phi) is 4.18. The van der Waals surface area contributed by atoms with E-state index in [0.717, 1.165) is 3.57 Å². The Morgan fingerprint density at radius 1 is 0.941 bits per heavy atom. The Bertz CT molecular complexity index is 564. The average molecular weight is 401 g/mol. The van der Waals surface area contributed by atoms with Crippen LogP contribution in [0.2, 0.25) is 15.1 Å². The van der Waals surface area contributed by atoms with Crippen molar-refractivity contribution in [1.29, 1.82) is 0 Å². The molecule has 0 saturated carbocycles. The van der Waals surface area contributed by atoms with Crippen LogP contribution in [0.4, 0.5) is 4.39 Å². The largest absolute Gasteiger partial charge is 0.207 e. The zero-order valence-electron chi connectivity index (χ0n) is 8.28. The van der Waals surface area contributed by atoms with Gasteiger partial charge in [0.15, 0.2) is 0 Å². The van der Waals surface area contributed by atoms with Crippen LogP contribution < -0.4 is 0 Å². The van der Waals surface area contributed by atoms with Crippen LogP contribution in [0.15, 0.2) is 30.3 Å². The van der Waals surface area contributed by atoms with Crippen LogP contribution in [0.25, 0.3) is 11.1 Å². The summed E-state index contributed by atoms with van der Waals surface area (Å²) in [7, 11) is 0. The summed E-state index contributed by atoms with van der Waals surface area (Å²) in [5.41, 5.74) is 1.28. The molecule has 0 atom stereocenters. The van der Waals surface area contributed by atoms with Gasteiger partial charge in [0, 0.05) is 14.2 Å². The fourth-order valence-electron chi connectivity index (χ4n) is 1.48. The number of halogens is 5. The van der Waals surface area contributed by atoms with E-state index in [4.69, 9.17) is 34.8 Å². The summed E-state index contributed by atoms with van der Waals surface area (Å²) < 4.78 is 14.1. The maximum absolute atomic E-state index is 13.3. The minimum Gasteiger partial charge on any atom is -0.207 e. The molecule has 5 heteroatoms. The lowest BCUT2D eigenvalue weighted by molar-refractivity contribution is 0.627. The number of rotatable bonds is 1. The van der Waals surface area contributed by atoms with Crippen molar-refractivity contribution in [3.8, 4) is 11.1 Å². The second-order valence-corrected chi connectivity index (χ2v) is 5.87. The lowest BCUT2D eigenvalue weighted by atomic mass is 10.1. The van der Waals surface area contributed by atoms with Crippen LogP contribution in [0.5, 0.6) is 0 Å². The third-order valence-corrected chi connectivity index (χ3v) is 3.81. The second-order valence-electron chi connectivity index (χ2n) is 3.41. The van der Waals surface area contributed by atoms with Gasteiger partial charge in [-0.15, -0.1) is 0 Å². The predicted molar refractivity (Wildman–Crippen MR) is 79.6 cm³/mol. The van der Waals surface area contributed by atoms with Crippen LogP contribution >= 0.6 is 57.4 Å². The van der Waals surface area contributed by atoms with E-state index in [1.54, 1.807) is 12.1 Å². The summed E-state index contributed by atoms with van der Waals surface area (Å²) in [6.07, 6.45) is 0. The molecular weight excluding hydrogens is 396 g/mol. The molecular formula is C12H5Cl3FI. The topological polar surface area (TPSA) is 0 Å². The molecule has 0 aliphatic rings. The molecule has 0 aliphatic carbocycles. The molecule has 0 radical (unpaired) electrons. The zero-order chi connectivity index (χ0) is 12.6. The maximum atomic E-state index is 13.3. The molecule has 0 fully saturated rings. The van der Waals surface area contributed by atoms with Crippen LogP contribution in [-0.4, -0.2) is 0 Å². The second kappa shape index (κ2) is 5.31. The summed E-state index contributed by atoms with van der Waals surface area (Å²) in [6.45, 7) is 0. The first-order valence-electron chi connectivity index (χ1n) is 4.58. The van der Waals surface area contributed by atoms with E-state index >= 15 is 0 Å². The normalized spacial score (nSPS) is 10.6. The van der Waals surface area contributed by atoms with Crippen LogP contribution in [-0.2, 0) is 0 Å². The molecule has 2 rings (SSSR count). The smallest absolute Gasteiger partial charge is 0.124 e. The molecule has 0 N–H and O–H groups in total. The van der Waals surface area contributed by atoms with Gasteiger partial charge in [-0.1, -0.05) is 34.8 Å². The summed E-state index contributed by atoms with van der Waals surface area (Å²) in [4.78, 5) is 0. The van der Waals surface area contributed by atoms with Crippen molar-refractivity contribution in [2.45, 2.75) is 0 Å². The Hall–Kier alpha value is -0.0300. The molecule has 0 aromatic heterocycles. The van der Waals surface area contributed by atoms with E-state index in [2.05, 4.69) is 0 Å². The van der Waals surface area contributed by atoms with Gasteiger partial charge >= 0.3 is 0 Å². The molecule has 0 saturated heterocycles. The van der Waals surface area contributed by atoms with E-state index in [9.17, 15) is 4.39 Å². The van der Waals surface area contributed by atoms with Crippen LogP contribution in [0.3, 0.4) is 0 Å². The predicted octanol–water partition coefficient (Wildman–Crippen LogP) is 6.06. The maximum Gasteiger partial charge on any atom is 0.124 e. The molecule has 0 amide bonds. The van der Waals surface area contributed by atoms with Gasteiger partial charge < -0.3 is 0 Å². The molecule has 0 nitrogen and oxygen atoms in total. The molecule has 0 bridgehead atoms. The molecule has 0 heterocycles. The van der Waals surface area contributed by atoms with Gasteiger partial charge in [0.05, 0.1) is 10.0 Å². The van der Waals surface area contributed by atoms with E-state index in [0.29, 0.717) is 26.2 Å². The van der Waals surface area contributed by atoms with Gasteiger partial charge in [0.1, 0.15) is 5.82 Å². The van der Waals surface area contributed by atoms with Crippen molar-refractivity contribution in [2.75, 3.05) is 0 Å². The van der Waals surface area contributed by atoms with Gasteiger partial charge in [0.2, 0.25) is 0 Å². The third kappa shape index (κ3) is 3.05. The van der Waals surface area contributed by atoms with Crippen molar-refractivity contribution in [3.05, 3.63) is 54.8 Å². The van der Waals surface area contributed by atoms with E-state index in [-0.39, 0.29) is 5.82 Å². The highest BCUT2D eigenvalue weighted by molar-refractivity contribution is 14.1. The molecule has 2 aromatic carbocycles. The van der Waals surface area contributed by atoms with E-state index in [1.165, 1.54) is 12.1 Å². The summed E-state index contributed by atoms with van der Waals surface area (Å²) in [6, 6.07) is 7.87. The zero-order valence-corrected chi connectivity index (χ0v) is 12.7. The Morgan fingerprint density at radius 2 is 1.65 bits per heavy atom. The minimum atomic E-state index is -0.320. The van der Waals surface area contributed by atoms with Gasteiger partial charge in [-0.25, -0.2) is 4.39 Å². The fourth-order valence-corrected chi connectivity index (χ4v) is 2.82. The summed E-state index contributed by atoms with van der Waals surface area (Å²) in [5.74, 6) is -0.320. The number of hydrogen-bond acceptors (Lipinski definition) is 0. The van der Waals surface area contributed by atoms with Crippen LogP contribution in [0.1, 0.15) is 0 Å². The van der Waals surface area contributed by atoms with Crippen molar-refractivity contribution in [3.63, 3.8) is 0 Å². The van der Waals surface area contributed by atoms with Gasteiger partial charge in [0.25, 0.3) is 0 Å². The van der Waals surface area contributed by atoms with Crippen molar-refractivity contribution in [1.82, 2.24) is 0 Å². The molecule has 17 heavy (non-hydrogen) atoms. The third-order valence-electron chi connectivity index (χ3n) is 2.17. The average Bonchev–Trinajstić information content (AvgIpc) is 2.22. The molecule has 0 aliphatic heterocycles. The first-order valence-corrected chi connectivity index (χ1v) is 6.79. The Labute approximate surface area is 127 Å². The number of hydrogen-bond donors (Lipinski definition) is 0. The van der Waals surface area contributed by atoms with Gasteiger partial charge in [-0.2, -0.15) is 0 Å². The lowest BCUT2D eigenvalue weighted by Crippen LogP contribution is -1.85. The van der Waals surface area contributed by atoms with Crippen LogP contribution in [0, 0.1) is 9.39 Å². The summed E-state index contributed by atoms with van der Waals surface area (Å²) >= 11 is 20.0. The van der Waals surface area contributed by atoms with Crippen molar-refractivity contribution < 1.29 is 4.39 Å². The Balaban J connectivity index is 2.67. The minimum absolute atomic E-state index is 0.320.